The molecule has 0 heterocycles. The minimum absolute atomic E-state index is 0. The van der Waals surface area contributed by atoms with Crippen molar-refractivity contribution in [3.05, 3.63) is 0 Å². The van der Waals surface area contributed by atoms with Gasteiger partial charge in [-0.15, -0.1) is 12.4 Å². The number of rotatable bonds is 17. The Labute approximate surface area is 181 Å². The SMILES string of the molecule is CCCCCCCCCCCCCCCCC1(C(=O)O)CCC(CN)CC1.Cl. The molecule has 0 aromatic heterocycles. The Morgan fingerprint density at radius 1 is 0.821 bits per heavy atom. The highest BCUT2D eigenvalue weighted by atomic mass is 35.5. The molecular formula is C24H48ClNO2. The molecule has 0 atom stereocenters. The van der Waals surface area contributed by atoms with Crippen molar-refractivity contribution < 1.29 is 9.90 Å². The number of carboxylic acid groups (broad SMARTS) is 1. The van der Waals surface area contributed by atoms with Gasteiger partial charge in [-0.3, -0.25) is 4.79 Å². The second-order valence-corrected chi connectivity index (χ2v) is 9.11. The standard InChI is InChI=1S/C24H47NO2.ClH/c1-2-3-4-5-6-7-8-9-10-11-12-13-14-15-18-24(23(26)27)19-16-22(21-25)17-20-24;/h22H,2-21,25H2,1H3,(H,26,27);1H. The van der Waals surface area contributed by atoms with Crippen LogP contribution in [-0.4, -0.2) is 17.6 Å². The van der Waals surface area contributed by atoms with Crippen molar-refractivity contribution in [3.63, 3.8) is 0 Å². The lowest BCUT2D eigenvalue weighted by Gasteiger charge is -2.36. The summed E-state index contributed by atoms with van der Waals surface area (Å²) in [7, 11) is 0. The number of aliphatic carboxylic acids is 1. The van der Waals surface area contributed by atoms with E-state index in [0.717, 1.165) is 38.5 Å². The van der Waals surface area contributed by atoms with Crippen molar-refractivity contribution in [1.29, 1.82) is 0 Å². The van der Waals surface area contributed by atoms with E-state index in [2.05, 4.69) is 6.92 Å². The molecule has 0 saturated heterocycles. The summed E-state index contributed by atoms with van der Waals surface area (Å²) in [4.78, 5) is 11.8. The molecule has 0 bridgehead atoms. The van der Waals surface area contributed by atoms with Gasteiger partial charge in [0.15, 0.2) is 0 Å². The third-order valence-corrected chi connectivity index (χ3v) is 6.86. The summed E-state index contributed by atoms with van der Waals surface area (Å²) in [6, 6.07) is 0. The summed E-state index contributed by atoms with van der Waals surface area (Å²) >= 11 is 0. The van der Waals surface area contributed by atoms with Gasteiger partial charge in [0.25, 0.3) is 0 Å². The zero-order valence-electron chi connectivity index (χ0n) is 18.6. The molecule has 0 radical (unpaired) electrons. The highest BCUT2D eigenvalue weighted by Gasteiger charge is 2.40. The van der Waals surface area contributed by atoms with E-state index in [1.54, 1.807) is 0 Å². The van der Waals surface area contributed by atoms with Crippen molar-refractivity contribution in [2.75, 3.05) is 6.54 Å². The van der Waals surface area contributed by atoms with Crippen LogP contribution in [0.4, 0.5) is 0 Å². The molecule has 1 aliphatic rings. The van der Waals surface area contributed by atoms with E-state index in [1.165, 1.54) is 83.5 Å². The summed E-state index contributed by atoms with van der Waals surface area (Å²) in [6.45, 7) is 2.99. The number of unbranched alkanes of at least 4 members (excludes halogenated alkanes) is 13. The van der Waals surface area contributed by atoms with Gasteiger partial charge in [0.05, 0.1) is 5.41 Å². The highest BCUT2D eigenvalue weighted by Crippen LogP contribution is 2.42. The molecule has 3 N–H and O–H groups in total. The minimum Gasteiger partial charge on any atom is -0.481 e. The first kappa shape index (κ1) is 27.7. The summed E-state index contributed by atoms with van der Waals surface area (Å²) in [5.74, 6) is -0.0125. The number of nitrogens with two attached hydrogens (primary N) is 1. The van der Waals surface area contributed by atoms with Crippen molar-refractivity contribution >= 4 is 18.4 Å². The first-order chi connectivity index (χ1) is 13.1. The Hall–Kier alpha value is -0.280. The number of hydrogen-bond acceptors (Lipinski definition) is 2. The van der Waals surface area contributed by atoms with Crippen molar-refractivity contribution in [3.8, 4) is 0 Å². The average Bonchev–Trinajstić information content (AvgIpc) is 2.68. The van der Waals surface area contributed by atoms with E-state index >= 15 is 0 Å². The first-order valence-corrected chi connectivity index (χ1v) is 12.1. The van der Waals surface area contributed by atoms with E-state index in [4.69, 9.17) is 5.73 Å². The average molecular weight is 418 g/mol. The molecule has 0 aromatic rings. The molecule has 4 heteroatoms. The Morgan fingerprint density at radius 2 is 1.21 bits per heavy atom. The second-order valence-electron chi connectivity index (χ2n) is 9.11. The third-order valence-electron chi connectivity index (χ3n) is 6.86. The van der Waals surface area contributed by atoms with Crippen LogP contribution < -0.4 is 5.73 Å². The predicted molar refractivity (Wildman–Crippen MR) is 123 cm³/mol. The lowest BCUT2D eigenvalue weighted by Crippen LogP contribution is -2.37. The van der Waals surface area contributed by atoms with Crippen LogP contribution in [0, 0.1) is 11.3 Å². The fraction of sp³-hybridized carbons (Fsp3) is 0.958. The Morgan fingerprint density at radius 3 is 1.57 bits per heavy atom. The molecule has 28 heavy (non-hydrogen) atoms. The molecule has 1 saturated carbocycles. The maximum absolute atomic E-state index is 11.8. The summed E-state index contributed by atoms with van der Waals surface area (Å²) < 4.78 is 0. The van der Waals surface area contributed by atoms with E-state index in [-0.39, 0.29) is 12.4 Å². The maximum Gasteiger partial charge on any atom is 0.309 e. The van der Waals surface area contributed by atoms with Gasteiger partial charge in [-0.1, -0.05) is 96.8 Å². The van der Waals surface area contributed by atoms with Gasteiger partial charge >= 0.3 is 5.97 Å². The fourth-order valence-corrected chi connectivity index (χ4v) is 4.69. The lowest BCUT2D eigenvalue weighted by atomic mass is 9.68. The smallest absolute Gasteiger partial charge is 0.309 e. The molecule has 0 spiro atoms. The van der Waals surface area contributed by atoms with Crippen molar-refractivity contribution in [1.82, 2.24) is 0 Å². The monoisotopic (exact) mass is 417 g/mol. The van der Waals surface area contributed by atoms with Crippen LogP contribution >= 0.6 is 12.4 Å². The van der Waals surface area contributed by atoms with Crippen LogP contribution in [0.2, 0.25) is 0 Å². The van der Waals surface area contributed by atoms with E-state index in [1.807, 2.05) is 0 Å². The molecular weight excluding hydrogens is 370 g/mol. The highest BCUT2D eigenvalue weighted by molar-refractivity contribution is 5.85. The number of carboxylic acids is 1. The van der Waals surface area contributed by atoms with Gasteiger partial charge in [0.2, 0.25) is 0 Å². The van der Waals surface area contributed by atoms with Crippen LogP contribution in [-0.2, 0) is 4.79 Å². The molecule has 1 fully saturated rings. The predicted octanol–water partition coefficient (Wildman–Crippen LogP) is 7.50. The largest absolute Gasteiger partial charge is 0.481 e. The van der Waals surface area contributed by atoms with Crippen molar-refractivity contribution in [2.45, 2.75) is 129 Å². The Kier molecular flexibility index (Phi) is 17.4. The topological polar surface area (TPSA) is 63.3 Å². The lowest BCUT2D eigenvalue weighted by molar-refractivity contribution is -0.152. The van der Waals surface area contributed by atoms with Gasteiger partial charge in [0, 0.05) is 0 Å². The minimum atomic E-state index is -0.562. The number of carbonyl (C=O) groups is 1. The van der Waals surface area contributed by atoms with Gasteiger partial charge in [-0.25, -0.2) is 0 Å². The molecule has 0 aromatic carbocycles. The first-order valence-electron chi connectivity index (χ1n) is 12.1. The Bertz CT molecular complexity index is 368. The zero-order valence-corrected chi connectivity index (χ0v) is 19.4. The third kappa shape index (κ3) is 11.7. The van der Waals surface area contributed by atoms with Gasteiger partial charge in [0.1, 0.15) is 0 Å². The van der Waals surface area contributed by atoms with Crippen LogP contribution in [0.25, 0.3) is 0 Å². The molecule has 1 aliphatic carbocycles. The van der Waals surface area contributed by atoms with E-state index in [9.17, 15) is 9.90 Å². The molecule has 0 amide bonds. The summed E-state index contributed by atoms with van der Waals surface area (Å²) in [5, 5.41) is 9.72. The summed E-state index contributed by atoms with van der Waals surface area (Å²) in [6.07, 6.45) is 23.4. The quantitative estimate of drug-likeness (QED) is 0.241. The molecule has 1 rings (SSSR count). The van der Waals surface area contributed by atoms with Gasteiger partial charge in [-0.2, -0.15) is 0 Å². The van der Waals surface area contributed by atoms with Crippen LogP contribution in [0.15, 0.2) is 0 Å². The molecule has 0 unspecified atom stereocenters. The van der Waals surface area contributed by atoms with E-state index in [0.29, 0.717) is 12.5 Å². The van der Waals surface area contributed by atoms with Crippen molar-refractivity contribution in [2.24, 2.45) is 17.1 Å². The normalized spacial score (nSPS) is 22.0. The number of halogens is 1. The van der Waals surface area contributed by atoms with E-state index < -0.39 is 11.4 Å². The second kappa shape index (κ2) is 17.6. The Balaban J connectivity index is 0.00000729. The van der Waals surface area contributed by atoms with Gasteiger partial charge < -0.3 is 10.8 Å². The molecule has 0 aliphatic heterocycles. The van der Waals surface area contributed by atoms with Gasteiger partial charge in [-0.05, 0) is 44.6 Å². The van der Waals surface area contributed by atoms with Crippen LogP contribution in [0.5, 0.6) is 0 Å². The summed E-state index contributed by atoms with van der Waals surface area (Å²) in [5.41, 5.74) is 5.31. The zero-order chi connectivity index (χ0) is 19.8. The molecule has 3 nitrogen and oxygen atoms in total. The number of hydrogen-bond donors (Lipinski definition) is 2. The van der Waals surface area contributed by atoms with Crippen LogP contribution in [0.1, 0.15) is 129 Å². The van der Waals surface area contributed by atoms with Crippen LogP contribution in [0.3, 0.4) is 0 Å². The fourth-order valence-electron chi connectivity index (χ4n) is 4.69. The molecule has 168 valence electrons. The maximum atomic E-state index is 11.8.